The molecule has 0 fully saturated rings. The first-order valence-corrected chi connectivity index (χ1v) is 9.53. The monoisotopic (exact) mass is 416 g/mol. The van der Waals surface area contributed by atoms with Crippen molar-refractivity contribution in [1.29, 1.82) is 0 Å². The average molecular weight is 418 g/mol. The quantitative estimate of drug-likeness (QED) is 0.441. The van der Waals surface area contributed by atoms with Gasteiger partial charge in [0.05, 0.1) is 20.6 Å². The third kappa shape index (κ3) is 3.50. The van der Waals surface area contributed by atoms with Crippen LogP contribution in [0.25, 0.3) is 10.9 Å². The highest BCUT2D eigenvalue weighted by Gasteiger charge is 2.28. The largest absolute Gasteiger partial charge is 0.610 e. The van der Waals surface area contributed by atoms with Crippen LogP contribution in [0.5, 0.6) is 0 Å². The van der Waals surface area contributed by atoms with Gasteiger partial charge in [-0.1, -0.05) is 40.0 Å². The Kier molecular flexibility index (Phi) is 5.27. The number of hydrogen-bond acceptors (Lipinski definition) is 5. The molecule has 0 radical (unpaired) electrons. The van der Waals surface area contributed by atoms with Gasteiger partial charge in [-0.15, -0.1) is 0 Å². The van der Waals surface area contributed by atoms with Crippen LogP contribution in [0.3, 0.4) is 0 Å². The summed E-state index contributed by atoms with van der Waals surface area (Å²) in [6.07, 6.45) is 0. The van der Waals surface area contributed by atoms with Gasteiger partial charge in [-0.05, 0) is 26.0 Å². The lowest BCUT2D eigenvalue weighted by atomic mass is 10.1. The first kappa shape index (κ1) is 18.5. The van der Waals surface area contributed by atoms with Gasteiger partial charge in [0.15, 0.2) is 11.5 Å². The number of nitrogens with zero attached hydrogens (tertiary/aromatic N) is 2. The minimum atomic E-state index is -1.67. The summed E-state index contributed by atoms with van der Waals surface area (Å²) in [7, 11) is 0. The third-order valence-electron chi connectivity index (χ3n) is 3.47. The lowest BCUT2D eigenvalue weighted by Crippen LogP contribution is -2.14. The molecule has 0 aliphatic heterocycles. The van der Waals surface area contributed by atoms with Crippen molar-refractivity contribution in [1.82, 2.24) is 10.1 Å². The van der Waals surface area contributed by atoms with Crippen LogP contribution in [0.15, 0.2) is 27.7 Å². The van der Waals surface area contributed by atoms with Gasteiger partial charge in [0.1, 0.15) is 17.0 Å². The van der Waals surface area contributed by atoms with Gasteiger partial charge in [0, 0.05) is 22.6 Å². The predicted octanol–water partition coefficient (Wildman–Crippen LogP) is 5.00. The molecule has 5 nitrogen and oxygen atoms in total. The van der Waals surface area contributed by atoms with E-state index in [2.05, 4.69) is 10.1 Å². The van der Waals surface area contributed by atoms with Crippen LogP contribution < -0.4 is 0 Å². The SMILES string of the molecule is CC(=O)c1c([S+]([O-])Cc2cc(C)on2)nc2c(Cl)ccc(Cl)c2c1Cl. The molecule has 0 spiro atoms. The Morgan fingerprint density at radius 2 is 1.96 bits per heavy atom. The number of hydrogen-bond donors (Lipinski definition) is 0. The molecule has 0 saturated carbocycles. The summed E-state index contributed by atoms with van der Waals surface area (Å²) >= 11 is 17.1. The Labute approximate surface area is 161 Å². The van der Waals surface area contributed by atoms with Crippen molar-refractivity contribution in [2.75, 3.05) is 0 Å². The zero-order chi connectivity index (χ0) is 18.3. The van der Waals surface area contributed by atoms with Crippen molar-refractivity contribution in [2.24, 2.45) is 0 Å². The Morgan fingerprint density at radius 3 is 2.56 bits per heavy atom. The molecule has 3 rings (SSSR count). The number of rotatable bonds is 4. The summed E-state index contributed by atoms with van der Waals surface area (Å²) in [6, 6.07) is 4.80. The fraction of sp³-hybridized carbons (Fsp3) is 0.188. The number of fused-ring (bicyclic) bond motifs is 1. The number of benzene rings is 1. The molecule has 9 heteroatoms. The van der Waals surface area contributed by atoms with Crippen LogP contribution in [0.2, 0.25) is 15.1 Å². The summed E-state index contributed by atoms with van der Waals surface area (Å²) < 4.78 is 17.8. The van der Waals surface area contributed by atoms with Crippen molar-refractivity contribution in [3.63, 3.8) is 0 Å². The molecule has 0 bridgehead atoms. The van der Waals surface area contributed by atoms with E-state index in [1.165, 1.54) is 6.92 Å². The van der Waals surface area contributed by atoms with E-state index in [0.717, 1.165) is 0 Å². The number of ketones is 1. The van der Waals surface area contributed by atoms with Crippen LogP contribution in [0, 0.1) is 6.92 Å². The second-order valence-corrected chi connectivity index (χ2v) is 7.89. The second-order valence-electron chi connectivity index (χ2n) is 5.33. The van der Waals surface area contributed by atoms with Crippen LogP contribution in [-0.4, -0.2) is 20.5 Å². The molecule has 0 amide bonds. The van der Waals surface area contributed by atoms with Crippen molar-refractivity contribution >= 4 is 62.7 Å². The van der Waals surface area contributed by atoms with Crippen molar-refractivity contribution in [3.05, 3.63) is 50.3 Å². The van der Waals surface area contributed by atoms with Crippen molar-refractivity contribution in [3.8, 4) is 0 Å². The van der Waals surface area contributed by atoms with Crippen LogP contribution in [0.4, 0.5) is 0 Å². The first-order valence-electron chi connectivity index (χ1n) is 7.08. The molecular weight excluding hydrogens is 407 g/mol. The molecule has 2 aromatic heterocycles. The first-order chi connectivity index (χ1) is 11.8. The van der Waals surface area contributed by atoms with Gasteiger partial charge < -0.3 is 9.08 Å². The molecule has 3 aromatic rings. The lowest BCUT2D eigenvalue weighted by Gasteiger charge is -2.15. The van der Waals surface area contributed by atoms with E-state index in [4.69, 9.17) is 39.3 Å². The van der Waals surface area contributed by atoms with Gasteiger partial charge in [0.25, 0.3) is 5.03 Å². The van der Waals surface area contributed by atoms with Gasteiger partial charge in [0.2, 0.25) is 0 Å². The maximum Gasteiger partial charge on any atom is 0.257 e. The predicted molar refractivity (Wildman–Crippen MR) is 98.1 cm³/mol. The highest BCUT2D eigenvalue weighted by Crippen LogP contribution is 2.38. The molecule has 0 N–H and O–H groups in total. The zero-order valence-corrected chi connectivity index (χ0v) is 16.2. The van der Waals surface area contributed by atoms with E-state index in [9.17, 15) is 9.35 Å². The summed E-state index contributed by atoms with van der Waals surface area (Å²) in [5.41, 5.74) is 0.848. The Hall–Kier alpha value is -1.31. The number of aromatic nitrogens is 2. The fourth-order valence-corrected chi connectivity index (χ4v) is 4.57. The standard InChI is InChI=1S/C16H11Cl3N2O3S/c1-7-5-9(21-24-7)6-25(23)16-12(8(2)22)14(19)13-10(17)3-4-11(18)15(13)20-16/h3-5H,6H2,1-2H3. The summed E-state index contributed by atoms with van der Waals surface area (Å²) in [5.74, 6) is 0.262. The van der Waals surface area contributed by atoms with Gasteiger partial charge in [-0.3, -0.25) is 4.79 Å². The Morgan fingerprint density at radius 1 is 1.28 bits per heavy atom. The third-order valence-corrected chi connectivity index (χ3v) is 5.75. The number of carbonyl (C=O) groups is 1. The summed E-state index contributed by atoms with van der Waals surface area (Å²) in [6.45, 7) is 3.06. The fourth-order valence-electron chi connectivity index (χ4n) is 2.39. The minimum Gasteiger partial charge on any atom is -0.610 e. The van der Waals surface area contributed by atoms with E-state index >= 15 is 0 Å². The van der Waals surface area contributed by atoms with Crippen LogP contribution in [0.1, 0.15) is 28.7 Å². The molecule has 0 aliphatic carbocycles. The number of halogens is 3. The molecular formula is C16H11Cl3N2O3S. The Bertz CT molecular complexity index is 990. The zero-order valence-electron chi connectivity index (χ0n) is 13.1. The highest BCUT2D eigenvalue weighted by molar-refractivity contribution is 7.90. The molecule has 0 saturated heterocycles. The van der Waals surface area contributed by atoms with E-state index in [-0.39, 0.29) is 27.1 Å². The van der Waals surface area contributed by atoms with E-state index in [0.29, 0.717) is 32.4 Å². The molecule has 1 atom stereocenters. The maximum absolute atomic E-state index is 12.8. The van der Waals surface area contributed by atoms with Gasteiger partial charge in [-0.25, -0.2) is 0 Å². The molecule has 25 heavy (non-hydrogen) atoms. The van der Waals surface area contributed by atoms with E-state index in [1.807, 2.05) is 0 Å². The van der Waals surface area contributed by atoms with Crippen molar-refractivity contribution < 1.29 is 13.9 Å². The smallest absolute Gasteiger partial charge is 0.257 e. The number of Topliss-reactive ketones (excluding diaryl/α,β-unsaturated/α-hetero) is 1. The molecule has 1 unspecified atom stereocenters. The minimum absolute atomic E-state index is 0.0324. The normalized spacial score (nSPS) is 12.6. The molecule has 130 valence electrons. The number of carbonyl (C=O) groups excluding carboxylic acids is 1. The topological polar surface area (TPSA) is 79.0 Å². The van der Waals surface area contributed by atoms with Crippen LogP contribution in [-0.2, 0) is 16.9 Å². The van der Waals surface area contributed by atoms with E-state index in [1.54, 1.807) is 25.1 Å². The number of aryl methyl sites for hydroxylation is 1. The Balaban J connectivity index is 2.20. The van der Waals surface area contributed by atoms with Crippen molar-refractivity contribution in [2.45, 2.75) is 24.6 Å². The molecule has 1 aromatic carbocycles. The summed E-state index contributed by atoms with van der Waals surface area (Å²) in [5, 5.41) is 4.92. The highest BCUT2D eigenvalue weighted by atomic mass is 35.5. The second kappa shape index (κ2) is 7.13. The summed E-state index contributed by atoms with van der Waals surface area (Å²) in [4.78, 5) is 16.5. The van der Waals surface area contributed by atoms with Gasteiger partial charge in [-0.2, -0.15) is 4.98 Å². The van der Waals surface area contributed by atoms with E-state index < -0.39 is 11.2 Å². The lowest BCUT2D eigenvalue weighted by molar-refractivity contribution is 0.101. The van der Waals surface area contributed by atoms with Crippen LogP contribution >= 0.6 is 34.8 Å². The molecule has 2 heterocycles. The molecule has 0 aliphatic rings. The number of pyridine rings is 1. The average Bonchev–Trinajstić information content (AvgIpc) is 2.94. The maximum atomic E-state index is 12.8. The van der Waals surface area contributed by atoms with Gasteiger partial charge >= 0.3 is 0 Å².